The summed E-state index contributed by atoms with van der Waals surface area (Å²) in [6.45, 7) is 1.60. The molecule has 2 rings (SSSR count). The first-order chi connectivity index (χ1) is 10.8. The van der Waals surface area contributed by atoms with Crippen molar-refractivity contribution in [1.29, 1.82) is 0 Å². The van der Waals surface area contributed by atoms with E-state index in [1.165, 1.54) is 36.0 Å². The number of hydrogen-bond acceptors (Lipinski definition) is 4. The number of nitrogens with one attached hydrogen (secondary N) is 1. The van der Waals surface area contributed by atoms with Crippen molar-refractivity contribution in [3.05, 3.63) is 48.0 Å². The van der Waals surface area contributed by atoms with Crippen LogP contribution in [0.5, 0.6) is 0 Å². The average molecular weight is 339 g/mol. The van der Waals surface area contributed by atoms with Gasteiger partial charge in [0, 0.05) is 26.0 Å². The van der Waals surface area contributed by atoms with Gasteiger partial charge in [0.15, 0.2) is 0 Å². The van der Waals surface area contributed by atoms with Crippen LogP contribution in [0.2, 0.25) is 0 Å². The molecule has 1 atom stereocenters. The molecule has 6 nitrogen and oxygen atoms in total. The summed E-state index contributed by atoms with van der Waals surface area (Å²) in [4.78, 5) is 15.8. The Morgan fingerprint density at radius 3 is 2.57 bits per heavy atom. The molecule has 1 aromatic heterocycles. The number of rotatable bonds is 6. The summed E-state index contributed by atoms with van der Waals surface area (Å²) in [5, 5.41) is 1.20. The largest absolute Gasteiger partial charge is 0.355 e. The highest BCUT2D eigenvalue weighted by molar-refractivity contribution is 7.92. The van der Waals surface area contributed by atoms with Gasteiger partial charge in [-0.1, -0.05) is 12.1 Å². The number of amides is 1. The van der Waals surface area contributed by atoms with Crippen LogP contribution in [-0.4, -0.2) is 35.7 Å². The van der Waals surface area contributed by atoms with E-state index < -0.39 is 21.0 Å². The molecule has 1 heterocycles. The number of nitrogens with zero attached hydrogens (tertiary/aromatic N) is 2. The Labute approximate surface area is 134 Å². The number of carbonyl (C=O) groups excluding carboxylic acids is 1. The molecule has 1 aromatic carbocycles. The van der Waals surface area contributed by atoms with E-state index in [0.29, 0.717) is 6.42 Å². The second-order valence-corrected chi connectivity index (χ2v) is 7.34. The summed E-state index contributed by atoms with van der Waals surface area (Å²) in [7, 11) is -2.28. The Balaban J connectivity index is 1.95. The lowest BCUT2D eigenvalue weighted by molar-refractivity contribution is -0.120. The molecule has 0 saturated carbocycles. The first-order valence-corrected chi connectivity index (χ1v) is 8.60. The zero-order chi connectivity index (χ0) is 17.0. The maximum absolute atomic E-state index is 12.8. The van der Waals surface area contributed by atoms with E-state index in [1.807, 2.05) is 0 Å². The van der Waals surface area contributed by atoms with Crippen LogP contribution in [0.4, 0.5) is 4.39 Å². The molecule has 0 aliphatic rings. The minimum absolute atomic E-state index is 0.140. The van der Waals surface area contributed by atoms with Crippen molar-refractivity contribution in [2.75, 3.05) is 6.54 Å². The third-order valence-electron chi connectivity index (χ3n) is 3.49. The fraction of sp³-hybridized carbons (Fsp3) is 0.333. The Morgan fingerprint density at radius 1 is 1.35 bits per heavy atom. The van der Waals surface area contributed by atoms with Crippen LogP contribution in [0.3, 0.4) is 0 Å². The second-order valence-electron chi connectivity index (χ2n) is 5.18. The summed E-state index contributed by atoms with van der Waals surface area (Å²) < 4.78 is 38.8. The van der Waals surface area contributed by atoms with Crippen LogP contribution in [-0.2, 0) is 28.1 Å². The van der Waals surface area contributed by atoms with Crippen LogP contribution in [0.25, 0.3) is 0 Å². The SMILES string of the molecule is C[C@H](C(=O)NCCc1ccc(F)cc1)S(=O)(=O)c1nccn1C. The van der Waals surface area contributed by atoms with Crippen molar-refractivity contribution in [2.45, 2.75) is 23.8 Å². The number of imidazole rings is 1. The molecular formula is C15H18FN3O3S. The number of aryl methyl sites for hydroxylation is 1. The van der Waals surface area contributed by atoms with Crippen molar-refractivity contribution in [3.63, 3.8) is 0 Å². The fourth-order valence-electron chi connectivity index (χ4n) is 2.05. The zero-order valence-corrected chi connectivity index (χ0v) is 13.7. The molecule has 0 bridgehead atoms. The topological polar surface area (TPSA) is 81.1 Å². The summed E-state index contributed by atoms with van der Waals surface area (Å²) >= 11 is 0. The van der Waals surface area contributed by atoms with Crippen molar-refractivity contribution < 1.29 is 17.6 Å². The molecule has 1 amide bonds. The predicted molar refractivity (Wildman–Crippen MR) is 83.0 cm³/mol. The summed E-state index contributed by atoms with van der Waals surface area (Å²) in [5.74, 6) is -0.914. The lowest BCUT2D eigenvalue weighted by Gasteiger charge is -2.13. The molecule has 8 heteroatoms. The molecule has 0 fully saturated rings. The zero-order valence-electron chi connectivity index (χ0n) is 12.9. The number of hydrogen-bond donors (Lipinski definition) is 1. The van der Waals surface area contributed by atoms with Gasteiger partial charge < -0.3 is 9.88 Å². The molecule has 124 valence electrons. The predicted octanol–water partition coefficient (Wildman–Crippen LogP) is 1.08. The molecular weight excluding hydrogens is 321 g/mol. The lowest BCUT2D eigenvalue weighted by Crippen LogP contribution is -2.39. The summed E-state index contributed by atoms with van der Waals surface area (Å²) in [5.41, 5.74) is 0.853. The van der Waals surface area contributed by atoms with E-state index in [-0.39, 0.29) is 17.5 Å². The van der Waals surface area contributed by atoms with Crippen LogP contribution in [0.1, 0.15) is 12.5 Å². The van der Waals surface area contributed by atoms with Crippen LogP contribution >= 0.6 is 0 Å². The third kappa shape index (κ3) is 3.95. The Bertz CT molecular complexity index is 785. The number of sulfone groups is 1. The molecule has 1 N–H and O–H groups in total. The van der Waals surface area contributed by atoms with Crippen LogP contribution in [0.15, 0.2) is 41.8 Å². The summed E-state index contributed by atoms with van der Waals surface area (Å²) in [6.07, 6.45) is 3.36. The van der Waals surface area contributed by atoms with E-state index in [9.17, 15) is 17.6 Å². The van der Waals surface area contributed by atoms with E-state index in [2.05, 4.69) is 10.3 Å². The van der Waals surface area contributed by atoms with Crippen molar-refractivity contribution in [2.24, 2.45) is 7.05 Å². The molecule has 0 radical (unpaired) electrons. The highest BCUT2D eigenvalue weighted by Gasteiger charge is 2.32. The minimum atomic E-state index is -3.84. The summed E-state index contributed by atoms with van der Waals surface area (Å²) in [6, 6.07) is 5.92. The minimum Gasteiger partial charge on any atom is -0.355 e. The highest BCUT2D eigenvalue weighted by Crippen LogP contribution is 2.13. The standard InChI is InChI=1S/C15H18FN3O3S/c1-11(23(21,22)15-18-9-10-19(15)2)14(20)17-8-7-12-3-5-13(16)6-4-12/h3-6,9-11H,7-8H2,1-2H3,(H,17,20)/t11-/m1/s1. The molecule has 0 unspecified atom stereocenters. The van der Waals surface area contributed by atoms with Gasteiger partial charge in [0.2, 0.25) is 20.9 Å². The first kappa shape index (κ1) is 17.1. The van der Waals surface area contributed by atoms with Crippen molar-refractivity contribution in [1.82, 2.24) is 14.9 Å². The van der Waals surface area contributed by atoms with Gasteiger partial charge in [-0.3, -0.25) is 4.79 Å². The van der Waals surface area contributed by atoms with Gasteiger partial charge in [-0.15, -0.1) is 0 Å². The second kappa shape index (κ2) is 6.91. The van der Waals surface area contributed by atoms with Crippen molar-refractivity contribution in [3.8, 4) is 0 Å². The monoisotopic (exact) mass is 339 g/mol. The quantitative estimate of drug-likeness (QED) is 0.854. The Hall–Kier alpha value is -2.22. The van der Waals surface area contributed by atoms with Gasteiger partial charge in [0.05, 0.1) is 0 Å². The molecule has 23 heavy (non-hydrogen) atoms. The van der Waals surface area contributed by atoms with Crippen LogP contribution < -0.4 is 5.32 Å². The van der Waals surface area contributed by atoms with E-state index in [1.54, 1.807) is 19.2 Å². The van der Waals surface area contributed by atoms with E-state index in [4.69, 9.17) is 0 Å². The van der Waals surface area contributed by atoms with Crippen LogP contribution in [0, 0.1) is 5.82 Å². The van der Waals surface area contributed by atoms with Gasteiger partial charge >= 0.3 is 0 Å². The first-order valence-electron chi connectivity index (χ1n) is 7.05. The normalized spacial score (nSPS) is 12.8. The number of aromatic nitrogens is 2. The smallest absolute Gasteiger partial charge is 0.238 e. The Morgan fingerprint density at radius 2 is 2.00 bits per heavy atom. The number of benzene rings is 1. The molecule has 2 aromatic rings. The Kier molecular flexibility index (Phi) is 5.15. The van der Waals surface area contributed by atoms with Gasteiger partial charge in [-0.25, -0.2) is 17.8 Å². The van der Waals surface area contributed by atoms with Gasteiger partial charge in [0.25, 0.3) is 0 Å². The fourth-order valence-corrected chi connectivity index (χ4v) is 3.40. The average Bonchev–Trinajstić information content (AvgIpc) is 2.95. The number of halogens is 1. The maximum atomic E-state index is 12.8. The van der Waals surface area contributed by atoms with Crippen molar-refractivity contribution >= 4 is 15.7 Å². The maximum Gasteiger partial charge on any atom is 0.238 e. The molecule has 0 spiro atoms. The lowest BCUT2D eigenvalue weighted by atomic mass is 10.1. The third-order valence-corrected chi connectivity index (χ3v) is 5.54. The molecule has 0 aliphatic heterocycles. The number of carbonyl (C=O) groups is 1. The van der Waals surface area contributed by atoms with E-state index >= 15 is 0 Å². The van der Waals surface area contributed by atoms with Gasteiger partial charge in [-0.2, -0.15) is 0 Å². The van der Waals surface area contributed by atoms with E-state index in [0.717, 1.165) is 5.56 Å². The molecule has 0 aliphatic carbocycles. The molecule has 0 saturated heterocycles. The van der Waals surface area contributed by atoms with Gasteiger partial charge in [-0.05, 0) is 31.0 Å². The highest BCUT2D eigenvalue weighted by atomic mass is 32.2. The van der Waals surface area contributed by atoms with Gasteiger partial charge in [0.1, 0.15) is 11.1 Å².